The Kier molecular flexibility index (Phi) is 8.38. The molecule has 1 amide bonds. The first-order chi connectivity index (χ1) is 20.7. The molecule has 0 aliphatic carbocycles. The summed E-state index contributed by atoms with van der Waals surface area (Å²) in [5.74, 6) is 0.662. The smallest absolute Gasteiger partial charge is 0.257 e. The Morgan fingerprint density at radius 3 is 2.50 bits per heavy atom. The van der Waals surface area contributed by atoms with Crippen molar-refractivity contribution in [2.24, 2.45) is 0 Å². The van der Waals surface area contributed by atoms with Crippen LogP contribution < -0.4 is 10.1 Å². The number of imidazole rings is 1. The topological polar surface area (TPSA) is 72.3 Å². The molecule has 1 atom stereocenters. The van der Waals surface area contributed by atoms with Gasteiger partial charge in [0.2, 0.25) is 0 Å². The van der Waals surface area contributed by atoms with Crippen LogP contribution in [0.5, 0.6) is 5.75 Å². The number of para-hydroxylation sites is 1. The number of benzene rings is 3. The van der Waals surface area contributed by atoms with E-state index >= 15 is 0 Å². The number of pyridine rings is 1. The molecular formula is C35H35N5O2. The summed E-state index contributed by atoms with van der Waals surface area (Å²) in [5.41, 5.74) is 7.44. The number of carbonyl (C=O) groups is 1. The van der Waals surface area contributed by atoms with Gasteiger partial charge in [0, 0.05) is 62.8 Å². The summed E-state index contributed by atoms with van der Waals surface area (Å²) in [4.78, 5) is 24.0. The lowest BCUT2D eigenvalue weighted by Gasteiger charge is -2.30. The second-order valence-corrected chi connectivity index (χ2v) is 10.5. The average molecular weight is 558 g/mol. The molecule has 1 unspecified atom stereocenters. The van der Waals surface area contributed by atoms with E-state index < -0.39 is 0 Å². The maximum Gasteiger partial charge on any atom is 0.257 e. The van der Waals surface area contributed by atoms with Crippen molar-refractivity contribution in [3.05, 3.63) is 138 Å². The lowest BCUT2D eigenvalue weighted by molar-refractivity contribution is 0.0746. The molecule has 1 aliphatic heterocycles. The van der Waals surface area contributed by atoms with Crippen molar-refractivity contribution in [2.75, 3.05) is 13.2 Å². The van der Waals surface area contributed by atoms with Crippen LogP contribution >= 0.6 is 0 Å². The summed E-state index contributed by atoms with van der Waals surface area (Å²) in [5, 5.41) is 3.71. The highest BCUT2D eigenvalue weighted by Gasteiger charge is 2.28. The van der Waals surface area contributed by atoms with Gasteiger partial charge in [0.15, 0.2) is 0 Å². The number of carbonyl (C=O) groups excluding carboxylic acids is 1. The van der Waals surface area contributed by atoms with E-state index in [4.69, 9.17) is 4.74 Å². The fraction of sp³-hybridized carbons (Fsp3) is 0.229. The van der Waals surface area contributed by atoms with Crippen LogP contribution in [-0.2, 0) is 19.6 Å². The third-order valence-corrected chi connectivity index (χ3v) is 7.84. The Hall–Kier alpha value is -4.75. The van der Waals surface area contributed by atoms with E-state index in [1.54, 1.807) is 12.4 Å². The molecular weight excluding hydrogens is 522 g/mol. The van der Waals surface area contributed by atoms with Gasteiger partial charge >= 0.3 is 0 Å². The molecule has 0 bridgehead atoms. The Labute approximate surface area is 246 Å². The van der Waals surface area contributed by atoms with Crippen molar-refractivity contribution >= 4 is 5.91 Å². The second-order valence-electron chi connectivity index (χ2n) is 10.5. The van der Waals surface area contributed by atoms with Crippen LogP contribution in [0.2, 0.25) is 0 Å². The first-order valence-corrected chi connectivity index (χ1v) is 14.5. The fourth-order valence-corrected chi connectivity index (χ4v) is 5.51. The van der Waals surface area contributed by atoms with E-state index in [1.165, 1.54) is 16.7 Å². The minimum atomic E-state index is -0.0248. The fourth-order valence-electron chi connectivity index (χ4n) is 5.51. The van der Waals surface area contributed by atoms with Crippen molar-refractivity contribution in [2.45, 2.75) is 39.0 Å². The molecule has 0 fully saturated rings. The number of hydrogen-bond donors (Lipinski definition) is 1. The van der Waals surface area contributed by atoms with Gasteiger partial charge in [-0.3, -0.25) is 9.78 Å². The van der Waals surface area contributed by atoms with Crippen LogP contribution in [0, 0.1) is 0 Å². The van der Waals surface area contributed by atoms with Crippen molar-refractivity contribution in [3.63, 3.8) is 0 Å². The minimum Gasteiger partial charge on any atom is -0.492 e. The van der Waals surface area contributed by atoms with Gasteiger partial charge in [-0.25, -0.2) is 4.98 Å². The van der Waals surface area contributed by atoms with Gasteiger partial charge in [0.05, 0.1) is 24.2 Å². The SMILES string of the molecule is CCN(Cc1ccncc1)C(=O)c1cccc2c1OCCC2NCc1cncn1Cc1ccc(-c2ccccc2)cc1. The molecule has 3 heterocycles. The largest absolute Gasteiger partial charge is 0.492 e. The number of amides is 1. The molecule has 6 rings (SSSR count). The number of nitrogens with one attached hydrogen (secondary N) is 1. The molecule has 5 aromatic rings. The van der Waals surface area contributed by atoms with Crippen molar-refractivity contribution < 1.29 is 9.53 Å². The van der Waals surface area contributed by atoms with Crippen molar-refractivity contribution in [1.29, 1.82) is 0 Å². The number of rotatable bonds is 10. The molecule has 3 aromatic carbocycles. The predicted octanol–water partition coefficient (Wildman–Crippen LogP) is 6.27. The molecule has 1 aliphatic rings. The van der Waals surface area contributed by atoms with E-state index in [2.05, 4.69) is 74.4 Å². The van der Waals surface area contributed by atoms with Crippen LogP contribution in [0.3, 0.4) is 0 Å². The van der Waals surface area contributed by atoms with E-state index in [9.17, 15) is 4.79 Å². The first kappa shape index (κ1) is 27.4. The molecule has 0 spiro atoms. The molecule has 42 heavy (non-hydrogen) atoms. The number of nitrogens with zero attached hydrogens (tertiary/aromatic N) is 4. The van der Waals surface area contributed by atoms with Crippen LogP contribution in [0.4, 0.5) is 0 Å². The monoisotopic (exact) mass is 557 g/mol. The summed E-state index contributed by atoms with van der Waals surface area (Å²) in [6.07, 6.45) is 8.15. The third-order valence-electron chi connectivity index (χ3n) is 7.84. The summed E-state index contributed by atoms with van der Waals surface area (Å²) < 4.78 is 8.30. The van der Waals surface area contributed by atoms with Crippen LogP contribution in [-0.4, -0.2) is 38.5 Å². The quantitative estimate of drug-likeness (QED) is 0.219. The zero-order valence-electron chi connectivity index (χ0n) is 23.8. The molecule has 1 N–H and O–H groups in total. The number of hydrogen-bond acceptors (Lipinski definition) is 5. The third kappa shape index (κ3) is 6.11. The lowest BCUT2D eigenvalue weighted by Crippen LogP contribution is -2.33. The van der Waals surface area contributed by atoms with Gasteiger partial charge < -0.3 is 19.5 Å². The summed E-state index contributed by atoms with van der Waals surface area (Å²) in [6, 6.07) is 29.0. The molecule has 212 valence electrons. The number of aromatic nitrogens is 3. The van der Waals surface area contributed by atoms with Gasteiger partial charge in [0.1, 0.15) is 5.75 Å². The highest BCUT2D eigenvalue weighted by Crippen LogP contribution is 2.36. The summed E-state index contributed by atoms with van der Waals surface area (Å²) >= 11 is 0. The van der Waals surface area contributed by atoms with E-state index in [1.807, 2.05) is 54.7 Å². The lowest BCUT2D eigenvalue weighted by atomic mass is 9.96. The molecule has 0 saturated carbocycles. The second kappa shape index (κ2) is 12.8. The molecule has 7 nitrogen and oxygen atoms in total. The van der Waals surface area contributed by atoms with Crippen LogP contribution in [0.15, 0.2) is 110 Å². The Morgan fingerprint density at radius 2 is 1.71 bits per heavy atom. The Balaban J connectivity index is 1.13. The summed E-state index contributed by atoms with van der Waals surface area (Å²) in [7, 11) is 0. The summed E-state index contributed by atoms with van der Waals surface area (Å²) in [6.45, 7) is 5.10. The van der Waals surface area contributed by atoms with E-state index in [-0.39, 0.29) is 11.9 Å². The normalized spacial score (nSPS) is 14.2. The van der Waals surface area contributed by atoms with Gasteiger partial charge in [-0.05, 0) is 47.4 Å². The zero-order valence-corrected chi connectivity index (χ0v) is 23.8. The van der Waals surface area contributed by atoms with Gasteiger partial charge in [0.25, 0.3) is 5.91 Å². The number of ether oxygens (including phenoxy) is 1. The maximum atomic E-state index is 13.6. The van der Waals surface area contributed by atoms with Crippen molar-refractivity contribution in [1.82, 2.24) is 24.8 Å². The van der Waals surface area contributed by atoms with Crippen molar-refractivity contribution in [3.8, 4) is 16.9 Å². The van der Waals surface area contributed by atoms with Gasteiger partial charge in [-0.15, -0.1) is 0 Å². The molecule has 0 saturated heterocycles. The minimum absolute atomic E-state index is 0.0248. The molecule has 0 radical (unpaired) electrons. The maximum absolute atomic E-state index is 13.6. The highest BCUT2D eigenvalue weighted by atomic mass is 16.5. The zero-order chi connectivity index (χ0) is 28.7. The Bertz CT molecular complexity index is 1620. The van der Waals surface area contributed by atoms with E-state index in [0.717, 1.165) is 29.8 Å². The predicted molar refractivity (Wildman–Crippen MR) is 164 cm³/mol. The van der Waals surface area contributed by atoms with Gasteiger partial charge in [-0.2, -0.15) is 0 Å². The van der Waals surface area contributed by atoms with Crippen LogP contribution in [0.25, 0.3) is 11.1 Å². The number of fused-ring (bicyclic) bond motifs is 1. The standard InChI is InChI=1S/C35H35N5O2/c1-2-39(23-27-15-18-36-19-16-27)35(41)32-10-6-9-31-33(17-20-42-34(31)32)38-22-30-21-37-25-40(30)24-26-11-13-29(14-12-26)28-7-4-3-5-8-28/h3-16,18-19,21,25,33,38H,2,17,20,22-24H2,1H3. The average Bonchev–Trinajstić information content (AvgIpc) is 3.49. The van der Waals surface area contributed by atoms with E-state index in [0.29, 0.717) is 37.6 Å². The highest BCUT2D eigenvalue weighted by molar-refractivity contribution is 5.97. The Morgan fingerprint density at radius 1 is 0.929 bits per heavy atom. The van der Waals surface area contributed by atoms with Crippen LogP contribution in [0.1, 0.15) is 52.1 Å². The van der Waals surface area contributed by atoms with Gasteiger partial charge in [-0.1, -0.05) is 66.7 Å². The first-order valence-electron chi connectivity index (χ1n) is 14.5. The molecule has 7 heteroatoms. The molecule has 2 aromatic heterocycles.